The van der Waals surface area contributed by atoms with Gasteiger partial charge in [-0.15, -0.1) is 0 Å². The highest BCUT2D eigenvalue weighted by atomic mass is 32.3. The SMILES string of the molecule is CC1CC(C)S(C)(C)C1. The lowest BCUT2D eigenvalue weighted by Gasteiger charge is -2.30. The molecule has 0 N–H and O–H groups in total. The minimum atomic E-state index is -0.174. The third-order valence-electron chi connectivity index (χ3n) is 2.54. The van der Waals surface area contributed by atoms with Gasteiger partial charge in [0, 0.05) is 0 Å². The molecule has 0 saturated carbocycles. The van der Waals surface area contributed by atoms with Crippen LogP contribution >= 0.6 is 10.0 Å². The quantitative estimate of drug-likeness (QED) is 0.492. The first-order valence-corrected chi connectivity index (χ1v) is 6.40. The Labute approximate surface area is 60.3 Å². The van der Waals surface area contributed by atoms with Crippen LogP contribution < -0.4 is 0 Å². The van der Waals surface area contributed by atoms with E-state index in [2.05, 4.69) is 26.4 Å². The third kappa shape index (κ3) is 1.43. The molecule has 0 spiro atoms. The van der Waals surface area contributed by atoms with Crippen LogP contribution in [0.25, 0.3) is 0 Å². The Kier molecular flexibility index (Phi) is 1.81. The van der Waals surface area contributed by atoms with Crippen molar-refractivity contribution in [2.75, 3.05) is 18.3 Å². The smallest absolute Gasteiger partial charge is 0.0142 e. The molecule has 1 heteroatoms. The van der Waals surface area contributed by atoms with Crippen LogP contribution in [0.1, 0.15) is 20.3 Å². The summed E-state index contributed by atoms with van der Waals surface area (Å²) in [4.78, 5) is 0. The van der Waals surface area contributed by atoms with Crippen molar-refractivity contribution in [3.8, 4) is 0 Å². The van der Waals surface area contributed by atoms with Crippen LogP contribution in [0.5, 0.6) is 0 Å². The molecule has 0 bridgehead atoms. The Balaban J connectivity index is 2.58. The fourth-order valence-corrected chi connectivity index (χ4v) is 4.57. The average Bonchev–Trinajstić information content (AvgIpc) is 1.79. The van der Waals surface area contributed by atoms with Gasteiger partial charge in [0.05, 0.1) is 0 Å². The maximum Gasteiger partial charge on any atom is -0.0142 e. The van der Waals surface area contributed by atoms with Gasteiger partial charge in [-0.1, -0.05) is 13.8 Å². The van der Waals surface area contributed by atoms with Crippen LogP contribution in [0.15, 0.2) is 0 Å². The summed E-state index contributed by atoms with van der Waals surface area (Å²) in [6, 6.07) is 0. The Morgan fingerprint density at radius 1 is 1.22 bits per heavy atom. The van der Waals surface area contributed by atoms with E-state index >= 15 is 0 Å². The normalized spacial score (nSPS) is 44.9. The molecule has 0 aliphatic carbocycles. The van der Waals surface area contributed by atoms with Gasteiger partial charge < -0.3 is 0 Å². The molecule has 0 radical (unpaired) electrons. The molecule has 0 nitrogen and oxygen atoms in total. The lowest BCUT2D eigenvalue weighted by atomic mass is 10.1. The average molecular weight is 146 g/mol. The summed E-state index contributed by atoms with van der Waals surface area (Å²) in [5, 5.41) is 1.02. The maximum atomic E-state index is 2.47. The predicted molar refractivity (Wildman–Crippen MR) is 47.5 cm³/mol. The van der Waals surface area contributed by atoms with Gasteiger partial charge in [0.2, 0.25) is 0 Å². The summed E-state index contributed by atoms with van der Waals surface area (Å²) in [6.07, 6.45) is 6.42. The van der Waals surface area contributed by atoms with E-state index in [1.165, 1.54) is 12.2 Å². The van der Waals surface area contributed by atoms with Crippen molar-refractivity contribution in [1.82, 2.24) is 0 Å². The van der Waals surface area contributed by atoms with E-state index in [-0.39, 0.29) is 10.0 Å². The van der Waals surface area contributed by atoms with Gasteiger partial charge >= 0.3 is 0 Å². The molecule has 2 unspecified atom stereocenters. The molecule has 0 aromatic heterocycles. The largest absolute Gasteiger partial charge is 0.244 e. The van der Waals surface area contributed by atoms with Gasteiger partial charge in [0.15, 0.2) is 0 Å². The molecule has 1 rings (SSSR count). The van der Waals surface area contributed by atoms with Crippen molar-refractivity contribution in [1.29, 1.82) is 0 Å². The van der Waals surface area contributed by atoms with Crippen LogP contribution in [-0.4, -0.2) is 23.5 Å². The first-order chi connectivity index (χ1) is 4.02. The highest BCUT2D eigenvalue weighted by Gasteiger charge is 2.30. The first-order valence-electron chi connectivity index (χ1n) is 3.72. The van der Waals surface area contributed by atoms with Gasteiger partial charge in [0.25, 0.3) is 0 Å². The molecule has 9 heavy (non-hydrogen) atoms. The second kappa shape index (κ2) is 2.19. The van der Waals surface area contributed by atoms with E-state index in [4.69, 9.17) is 0 Å². The second-order valence-corrected chi connectivity index (χ2v) is 8.33. The summed E-state index contributed by atoms with van der Waals surface area (Å²) < 4.78 is 0. The Bertz CT molecular complexity index is 107. The van der Waals surface area contributed by atoms with Gasteiger partial charge in [0.1, 0.15) is 0 Å². The van der Waals surface area contributed by atoms with E-state index < -0.39 is 0 Å². The Hall–Kier alpha value is 0.350. The Morgan fingerprint density at radius 3 is 1.89 bits per heavy atom. The summed E-state index contributed by atoms with van der Waals surface area (Å²) in [6.45, 7) is 4.80. The van der Waals surface area contributed by atoms with E-state index in [0.29, 0.717) is 0 Å². The Morgan fingerprint density at radius 2 is 1.78 bits per heavy atom. The fourth-order valence-electron chi connectivity index (χ4n) is 1.79. The zero-order chi connectivity index (χ0) is 7.07. The molecule has 1 heterocycles. The fraction of sp³-hybridized carbons (Fsp3) is 1.00. The van der Waals surface area contributed by atoms with Gasteiger partial charge in [-0.05, 0) is 35.9 Å². The van der Waals surface area contributed by atoms with Gasteiger partial charge in [-0.25, -0.2) is 10.0 Å². The van der Waals surface area contributed by atoms with Crippen LogP contribution in [0.2, 0.25) is 0 Å². The van der Waals surface area contributed by atoms with Crippen molar-refractivity contribution in [3.63, 3.8) is 0 Å². The lowest BCUT2D eigenvalue weighted by Crippen LogP contribution is -2.05. The summed E-state index contributed by atoms with van der Waals surface area (Å²) in [7, 11) is -0.174. The van der Waals surface area contributed by atoms with Crippen LogP contribution in [0, 0.1) is 5.92 Å². The first kappa shape index (κ1) is 7.46. The minimum absolute atomic E-state index is 0.174. The molecule has 1 saturated heterocycles. The zero-order valence-electron chi connectivity index (χ0n) is 6.98. The highest BCUT2D eigenvalue weighted by molar-refractivity contribution is 8.33. The number of rotatable bonds is 0. The number of hydrogen-bond acceptors (Lipinski definition) is 0. The number of hydrogen-bond donors (Lipinski definition) is 0. The maximum absolute atomic E-state index is 2.47. The van der Waals surface area contributed by atoms with Crippen molar-refractivity contribution in [3.05, 3.63) is 0 Å². The van der Waals surface area contributed by atoms with Crippen LogP contribution in [0.3, 0.4) is 0 Å². The second-order valence-electron chi connectivity index (χ2n) is 3.94. The molecule has 0 amide bonds. The third-order valence-corrected chi connectivity index (χ3v) is 6.34. The van der Waals surface area contributed by atoms with Crippen LogP contribution in [-0.2, 0) is 0 Å². The van der Waals surface area contributed by atoms with E-state index in [0.717, 1.165) is 11.2 Å². The minimum Gasteiger partial charge on any atom is -0.244 e. The van der Waals surface area contributed by atoms with Crippen molar-refractivity contribution in [2.45, 2.75) is 25.5 Å². The summed E-state index contributed by atoms with van der Waals surface area (Å²) in [5.74, 6) is 2.51. The van der Waals surface area contributed by atoms with E-state index in [1.807, 2.05) is 0 Å². The molecular weight excluding hydrogens is 128 g/mol. The molecular formula is C8H18S. The predicted octanol–water partition coefficient (Wildman–Crippen LogP) is 2.48. The molecule has 1 fully saturated rings. The molecule has 1 aliphatic heterocycles. The van der Waals surface area contributed by atoms with Crippen molar-refractivity contribution in [2.24, 2.45) is 5.92 Å². The van der Waals surface area contributed by atoms with E-state index in [9.17, 15) is 0 Å². The van der Waals surface area contributed by atoms with Crippen molar-refractivity contribution < 1.29 is 0 Å². The topological polar surface area (TPSA) is 0 Å². The van der Waals surface area contributed by atoms with Gasteiger partial charge in [-0.2, -0.15) is 0 Å². The van der Waals surface area contributed by atoms with Crippen LogP contribution in [0.4, 0.5) is 0 Å². The highest BCUT2D eigenvalue weighted by Crippen LogP contribution is 2.54. The molecule has 0 aromatic carbocycles. The summed E-state index contributed by atoms with van der Waals surface area (Å²) >= 11 is 0. The van der Waals surface area contributed by atoms with Gasteiger partial charge in [-0.3, -0.25) is 0 Å². The molecule has 0 aromatic rings. The lowest BCUT2D eigenvalue weighted by molar-refractivity contribution is 0.626. The monoisotopic (exact) mass is 146 g/mol. The zero-order valence-corrected chi connectivity index (χ0v) is 7.79. The van der Waals surface area contributed by atoms with E-state index in [1.54, 1.807) is 0 Å². The molecule has 1 aliphatic rings. The molecule has 56 valence electrons. The molecule has 2 atom stereocenters. The summed E-state index contributed by atoms with van der Waals surface area (Å²) in [5.41, 5.74) is 0. The van der Waals surface area contributed by atoms with Crippen molar-refractivity contribution >= 4 is 10.0 Å². The standard InChI is InChI=1S/C8H18S/c1-7-5-8(2)9(3,4)6-7/h7-8H,5-6H2,1-4H3.